The smallest absolute Gasteiger partial charge is 0.255 e. The zero-order valence-electron chi connectivity index (χ0n) is 11.5. The topological polar surface area (TPSA) is 55.1 Å². The van der Waals surface area contributed by atoms with Crippen LogP contribution in [0.5, 0.6) is 0 Å². The molecule has 1 aromatic carbocycles. The molecule has 3 aromatic rings. The van der Waals surface area contributed by atoms with E-state index in [0.717, 1.165) is 23.7 Å². The summed E-state index contributed by atoms with van der Waals surface area (Å²) in [6, 6.07) is 10.3. The van der Waals surface area contributed by atoms with Crippen molar-refractivity contribution in [2.75, 3.05) is 17.6 Å². The molecule has 7 heteroatoms. The minimum absolute atomic E-state index is 0.453. The van der Waals surface area contributed by atoms with Gasteiger partial charge in [-0.05, 0) is 19.1 Å². The molecule has 1 N–H and O–H groups in total. The van der Waals surface area contributed by atoms with Gasteiger partial charge in [0.1, 0.15) is 17.3 Å². The van der Waals surface area contributed by atoms with Crippen molar-refractivity contribution in [1.82, 2.24) is 19.6 Å². The van der Waals surface area contributed by atoms with Crippen LogP contribution in [0.1, 0.15) is 5.56 Å². The number of halogens is 1. The number of hydrogen-bond acceptors (Lipinski definition) is 5. The first kappa shape index (κ1) is 14.2. The summed E-state index contributed by atoms with van der Waals surface area (Å²) in [4.78, 5) is 9.51. The minimum Gasteiger partial charge on any atom is -0.369 e. The SMILES string of the molecule is Cc1c(Cl)nc2ncnn2c1NCCSc1ccccc1. The van der Waals surface area contributed by atoms with Crippen molar-refractivity contribution in [3.8, 4) is 0 Å². The van der Waals surface area contributed by atoms with Crippen LogP contribution in [-0.4, -0.2) is 31.9 Å². The van der Waals surface area contributed by atoms with Crippen LogP contribution in [-0.2, 0) is 0 Å². The van der Waals surface area contributed by atoms with E-state index in [1.54, 1.807) is 16.3 Å². The maximum absolute atomic E-state index is 6.12. The summed E-state index contributed by atoms with van der Waals surface area (Å²) in [5.41, 5.74) is 0.874. The summed E-state index contributed by atoms with van der Waals surface area (Å²) >= 11 is 7.92. The molecule has 0 bridgehead atoms. The molecule has 0 amide bonds. The van der Waals surface area contributed by atoms with Crippen molar-refractivity contribution in [1.29, 1.82) is 0 Å². The standard InChI is InChI=1S/C14H14ClN5S/c1-10-12(15)19-14-17-9-18-20(14)13(10)16-7-8-21-11-5-3-2-4-6-11/h2-6,9,16H,7-8H2,1H3. The average Bonchev–Trinajstić information content (AvgIpc) is 2.96. The van der Waals surface area contributed by atoms with E-state index >= 15 is 0 Å². The van der Waals surface area contributed by atoms with Crippen molar-refractivity contribution in [3.05, 3.63) is 47.4 Å². The van der Waals surface area contributed by atoms with Gasteiger partial charge in [-0.2, -0.15) is 19.6 Å². The Kier molecular flexibility index (Phi) is 4.26. The lowest BCUT2D eigenvalue weighted by atomic mass is 10.3. The third-order valence-electron chi connectivity index (χ3n) is 3.01. The molecule has 21 heavy (non-hydrogen) atoms. The Morgan fingerprint density at radius 3 is 2.90 bits per heavy atom. The predicted octanol–water partition coefficient (Wildman–Crippen LogP) is 3.29. The molecule has 0 atom stereocenters. The zero-order chi connectivity index (χ0) is 14.7. The molecule has 0 aliphatic heterocycles. The van der Waals surface area contributed by atoms with Gasteiger partial charge in [0.2, 0.25) is 0 Å². The second-order valence-electron chi connectivity index (χ2n) is 4.44. The van der Waals surface area contributed by atoms with Gasteiger partial charge < -0.3 is 5.32 Å². The van der Waals surface area contributed by atoms with Gasteiger partial charge in [-0.3, -0.25) is 0 Å². The molecule has 0 spiro atoms. The summed E-state index contributed by atoms with van der Waals surface area (Å²) in [7, 11) is 0. The van der Waals surface area contributed by atoms with Gasteiger partial charge in [0.25, 0.3) is 5.78 Å². The minimum atomic E-state index is 0.453. The van der Waals surface area contributed by atoms with E-state index in [2.05, 4.69) is 32.5 Å². The molecule has 0 saturated carbocycles. The number of hydrogen-bond donors (Lipinski definition) is 1. The summed E-state index contributed by atoms with van der Waals surface area (Å²) in [6.45, 7) is 2.72. The Balaban J connectivity index is 1.68. The number of rotatable bonds is 5. The average molecular weight is 320 g/mol. The van der Waals surface area contributed by atoms with Crippen LogP contribution < -0.4 is 5.32 Å². The fraction of sp³-hybridized carbons (Fsp3) is 0.214. The van der Waals surface area contributed by atoms with Gasteiger partial charge in [-0.25, -0.2) is 0 Å². The largest absolute Gasteiger partial charge is 0.369 e. The van der Waals surface area contributed by atoms with Gasteiger partial charge in [0.05, 0.1) is 0 Å². The normalized spacial score (nSPS) is 11.0. The summed E-state index contributed by atoms with van der Waals surface area (Å²) in [6.07, 6.45) is 1.47. The maximum Gasteiger partial charge on any atom is 0.255 e. The molecule has 0 radical (unpaired) electrons. The number of nitrogens with zero attached hydrogens (tertiary/aromatic N) is 4. The molecule has 0 aliphatic carbocycles. The maximum atomic E-state index is 6.12. The van der Waals surface area contributed by atoms with Crippen molar-refractivity contribution in [3.63, 3.8) is 0 Å². The fourth-order valence-electron chi connectivity index (χ4n) is 1.96. The Labute approximate surface area is 131 Å². The Morgan fingerprint density at radius 2 is 2.10 bits per heavy atom. The van der Waals surface area contributed by atoms with E-state index in [4.69, 9.17) is 11.6 Å². The molecule has 108 valence electrons. The first-order chi connectivity index (χ1) is 10.3. The highest BCUT2D eigenvalue weighted by Gasteiger charge is 2.11. The fourth-order valence-corrected chi connectivity index (χ4v) is 2.91. The number of thioether (sulfide) groups is 1. The lowest BCUT2D eigenvalue weighted by Gasteiger charge is -2.11. The second-order valence-corrected chi connectivity index (χ2v) is 5.96. The lowest BCUT2D eigenvalue weighted by Crippen LogP contribution is -2.11. The molecule has 3 rings (SSSR count). The van der Waals surface area contributed by atoms with Crippen molar-refractivity contribution in [2.24, 2.45) is 0 Å². The summed E-state index contributed by atoms with van der Waals surface area (Å²) in [5, 5.41) is 7.99. The van der Waals surface area contributed by atoms with Gasteiger partial charge in [-0.1, -0.05) is 29.8 Å². The number of fused-ring (bicyclic) bond motifs is 1. The summed E-state index contributed by atoms with van der Waals surface area (Å²) in [5.74, 6) is 2.29. The highest BCUT2D eigenvalue weighted by atomic mass is 35.5. The summed E-state index contributed by atoms with van der Waals surface area (Å²) < 4.78 is 1.67. The van der Waals surface area contributed by atoms with E-state index in [1.165, 1.54) is 11.2 Å². The third-order valence-corrected chi connectivity index (χ3v) is 4.39. The van der Waals surface area contributed by atoms with E-state index in [0.29, 0.717) is 10.9 Å². The van der Waals surface area contributed by atoms with Crippen LogP contribution >= 0.6 is 23.4 Å². The van der Waals surface area contributed by atoms with E-state index < -0.39 is 0 Å². The van der Waals surface area contributed by atoms with Gasteiger partial charge in [-0.15, -0.1) is 11.8 Å². The van der Waals surface area contributed by atoms with Crippen LogP contribution in [0.25, 0.3) is 5.78 Å². The molecule has 0 aliphatic rings. The molecule has 2 aromatic heterocycles. The van der Waals surface area contributed by atoms with E-state index in [9.17, 15) is 0 Å². The predicted molar refractivity (Wildman–Crippen MR) is 86.2 cm³/mol. The van der Waals surface area contributed by atoms with Gasteiger partial charge in [0, 0.05) is 22.8 Å². The van der Waals surface area contributed by atoms with Crippen LogP contribution in [0.3, 0.4) is 0 Å². The van der Waals surface area contributed by atoms with Crippen LogP contribution in [0.15, 0.2) is 41.6 Å². The Morgan fingerprint density at radius 1 is 1.29 bits per heavy atom. The van der Waals surface area contributed by atoms with Crippen molar-refractivity contribution in [2.45, 2.75) is 11.8 Å². The lowest BCUT2D eigenvalue weighted by molar-refractivity contribution is 0.921. The molecule has 5 nitrogen and oxygen atoms in total. The number of aromatic nitrogens is 4. The quantitative estimate of drug-likeness (QED) is 0.444. The molecule has 0 fully saturated rings. The monoisotopic (exact) mass is 319 g/mol. The number of nitrogens with one attached hydrogen (secondary N) is 1. The number of benzene rings is 1. The number of anilines is 1. The molecular formula is C14H14ClN5S. The van der Waals surface area contributed by atoms with E-state index in [-0.39, 0.29) is 0 Å². The van der Waals surface area contributed by atoms with Crippen LogP contribution in [0.4, 0.5) is 5.82 Å². The first-order valence-corrected chi connectivity index (χ1v) is 7.89. The Bertz CT molecular complexity index is 744. The van der Waals surface area contributed by atoms with E-state index in [1.807, 2.05) is 25.1 Å². The van der Waals surface area contributed by atoms with Crippen LogP contribution in [0, 0.1) is 6.92 Å². The molecule has 0 saturated heterocycles. The molecular weight excluding hydrogens is 306 g/mol. The highest BCUT2D eigenvalue weighted by Crippen LogP contribution is 2.22. The van der Waals surface area contributed by atoms with Crippen molar-refractivity contribution >= 4 is 35.0 Å². The van der Waals surface area contributed by atoms with Crippen molar-refractivity contribution < 1.29 is 0 Å². The van der Waals surface area contributed by atoms with Gasteiger partial charge in [0.15, 0.2) is 0 Å². The Hall–Kier alpha value is -1.79. The van der Waals surface area contributed by atoms with Crippen LogP contribution in [0.2, 0.25) is 5.15 Å². The zero-order valence-corrected chi connectivity index (χ0v) is 13.0. The van der Waals surface area contributed by atoms with Gasteiger partial charge >= 0.3 is 0 Å². The second kappa shape index (κ2) is 6.32. The molecule has 0 unspecified atom stereocenters. The molecule has 2 heterocycles. The first-order valence-electron chi connectivity index (χ1n) is 6.53. The third kappa shape index (κ3) is 3.11. The highest BCUT2D eigenvalue weighted by molar-refractivity contribution is 7.99.